The third-order valence-electron chi connectivity index (χ3n) is 7.37. The van der Waals surface area contributed by atoms with Crippen molar-refractivity contribution in [3.63, 3.8) is 0 Å². The minimum atomic E-state index is -0.680. The van der Waals surface area contributed by atoms with Gasteiger partial charge in [-0.1, -0.05) is 17.7 Å². The van der Waals surface area contributed by atoms with Gasteiger partial charge in [0.1, 0.15) is 22.3 Å². The van der Waals surface area contributed by atoms with Gasteiger partial charge in [0.25, 0.3) is 5.91 Å². The molecule has 1 N–H and O–H groups in total. The average Bonchev–Trinajstić information content (AvgIpc) is 3.32. The Balaban J connectivity index is 1.57. The van der Waals surface area contributed by atoms with E-state index in [4.69, 9.17) is 16.3 Å². The maximum atomic E-state index is 14.6. The van der Waals surface area contributed by atoms with Crippen LogP contribution in [0.5, 0.6) is 5.75 Å². The standard InChI is InChI=1S/C29H27ClF3N3O2S/c1-34-18-6-8-19(9-7-18)36(29(37)27-25(30)24-21(31)10-11-22(32)26(24)39-27)15-17-14-16(5-12-23(17)38-2)20-4-3-13-35-28(20)33/h3-5,10-14,18-19,34H,6-9,15H2,1-2H3/t18-,19-. The Morgan fingerprint density at radius 3 is 2.54 bits per heavy atom. The van der Waals surface area contributed by atoms with Crippen LogP contribution in [0.4, 0.5) is 13.2 Å². The van der Waals surface area contributed by atoms with Crippen molar-refractivity contribution in [1.29, 1.82) is 0 Å². The van der Waals surface area contributed by atoms with Crippen LogP contribution in [0.15, 0.2) is 48.7 Å². The largest absolute Gasteiger partial charge is 0.496 e. The van der Waals surface area contributed by atoms with E-state index >= 15 is 0 Å². The Hall–Kier alpha value is -3.14. The van der Waals surface area contributed by atoms with Crippen molar-refractivity contribution in [2.75, 3.05) is 14.2 Å². The first-order chi connectivity index (χ1) is 18.8. The molecule has 5 nitrogen and oxygen atoms in total. The van der Waals surface area contributed by atoms with Gasteiger partial charge >= 0.3 is 0 Å². The second kappa shape index (κ2) is 11.5. The first-order valence-electron chi connectivity index (χ1n) is 12.6. The van der Waals surface area contributed by atoms with Crippen LogP contribution in [0.1, 0.15) is 40.9 Å². The molecule has 10 heteroatoms. The maximum Gasteiger partial charge on any atom is 0.266 e. The zero-order chi connectivity index (χ0) is 27.7. The van der Waals surface area contributed by atoms with Gasteiger partial charge in [0, 0.05) is 36.0 Å². The molecule has 0 atom stereocenters. The smallest absolute Gasteiger partial charge is 0.266 e. The lowest BCUT2D eigenvalue weighted by molar-refractivity contribution is 0.0604. The summed E-state index contributed by atoms with van der Waals surface area (Å²) in [6.07, 6.45) is 4.59. The molecule has 1 amide bonds. The second-order valence-electron chi connectivity index (χ2n) is 9.57. The van der Waals surface area contributed by atoms with E-state index in [9.17, 15) is 18.0 Å². The number of halogens is 4. The minimum Gasteiger partial charge on any atom is -0.496 e. The van der Waals surface area contributed by atoms with Crippen LogP contribution < -0.4 is 10.1 Å². The molecule has 1 aliphatic rings. The lowest BCUT2D eigenvalue weighted by Gasteiger charge is -2.37. The highest BCUT2D eigenvalue weighted by atomic mass is 35.5. The predicted molar refractivity (Wildman–Crippen MR) is 148 cm³/mol. The lowest BCUT2D eigenvalue weighted by Crippen LogP contribution is -2.44. The van der Waals surface area contributed by atoms with Gasteiger partial charge in [0.2, 0.25) is 5.95 Å². The molecule has 0 radical (unpaired) electrons. The Kier molecular flexibility index (Phi) is 8.11. The number of rotatable bonds is 7. The summed E-state index contributed by atoms with van der Waals surface area (Å²) in [6.45, 7) is 0.141. The molecule has 0 spiro atoms. The summed E-state index contributed by atoms with van der Waals surface area (Å²) in [4.78, 5) is 19.6. The zero-order valence-electron chi connectivity index (χ0n) is 21.4. The zero-order valence-corrected chi connectivity index (χ0v) is 23.0. The number of methoxy groups -OCH3 is 1. The number of carbonyl (C=O) groups is 1. The molecule has 2 heterocycles. The molecule has 2 aromatic carbocycles. The van der Waals surface area contributed by atoms with Crippen molar-refractivity contribution in [3.05, 3.63) is 81.7 Å². The van der Waals surface area contributed by atoms with Gasteiger partial charge in [0.15, 0.2) is 0 Å². The molecule has 1 saturated carbocycles. The number of benzene rings is 2. The summed E-state index contributed by atoms with van der Waals surface area (Å²) < 4.78 is 49.2. The number of thiophene rings is 1. The van der Waals surface area contributed by atoms with Crippen LogP contribution in [0, 0.1) is 17.6 Å². The third kappa shape index (κ3) is 5.35. The van der Waals surface area contributed by atoms with Crippen LogP contribution >= 0.6 is 22.9 Å². The first-order valence-corrected chi connectivity index (χ1v) is 13.8. The van der Waals surface area contributed by atoms with E-state index < -0.39 is 23.5 Å². The highest BCUT2D eigenvalue weighted by Gasteiger charge is 2.33. The van der Waals surface area contributed by atoms with Crippen LogP contribution in [0.25, 0.3) is 21.2 Å². The molecule has 0 saturated heterocycles. The van der Waals surface area contributed by atoms with Crippen LogP contribution in [-0.2, 0) is 6.54 Å². The summed E-state index contributed by atoms with van der Waals surface area (Å²) in [5.74, 6) is -1.79. The number of nitrogens with zero attached hydrogens (tertiary/aromatic N) is 2. The van der Waals surface area contributed by atoms with Crippen LogP contribution in [0.3, 0.4) is 0 Å². The fraction of sp³-hybridized carbons (Fsp3) is 0.310. The van der Waals surface area contributed by atoms with E-state index in [0.717, 1.165) is 49.2 Å². The fourth-order valence-corrected chi connectivity index (χ4v) is 6.77. The minimum absolute atomic E-state index is 0.00817. The highest BCUT2D eigenvalue weighted by molar-refractivity contribution is 7.21. The van der Waals surface area contributed by atoms with Gasteiger partial charge in [-0.25, -0.2) is 13.8 Å². The van der Waals surface area contributed by atoms with Gasteiger partial charge in [-0.15, -0.1) is 11.3 Å². The molecule has 0 bridgehead atoms. The molecule has 0 unspecified atom stereocenters. The monoisotopic (exact) mass is 573 g/mol. The summed E-state index contributed by atoms with van der Waals surface area (Å²) in [7, 11) is 3.45. The average molecular weight is 574 g/mol. The number of amides is 1. The topological polar surface area (TPSA) is 54.5 Å². The van der Waals surface area contributed by atoms with E-state index in [-0.39, 0.29) is 32.6 Å². The molecule has 0 aliphatic heterocycles. The van der Waals surface area contributed by atoms with E-state index in [1.54, 1.807) is 35.2 Å². The van der Waals surface area contributed by atoms with Crippen LogP contribution in [0.2, 0.25) is 5.02 Å². The number of hydrogen-bond acceptors (Lipinski definition) is 5. The maximum absolute atomic E-state index is 14.6. The summed E-state index contributed by atoms with van der Waals surface area (Å²) in [5.41, 5.74) is 1.58. The summed E-state index contributed by atoms with van der Waals surface area (Å²) in [5, 5.41) is 3.11. The van der Waals surface area contributed by atoms with E-state index in [0.29, 0.717) is 28.5 Å². The van der Waals surface area contributed by atoms with Crippen molar-refractivity contribution in [1.82, 2.24) is 15.2 Å². The van der Waals surface area contributed by atoms with Gasteiger partial charge in [0.05, 0.1) is 22.2 Å². The van der Waals surface area contributed by atoms with E-state index in [1.165, 1.54) is 13.3 Å². The summed E-state index contributed by atoms with van der Waals surface area (Å²) >= 11 is 7.37. The Morgan fingerprint density at radius 1 is 1.13 bits per heavy atom. The van der Waals surface area contributed by atoms with Gasteiger partial charge in [-0.2, -0.15) is 4.39 Å². The van der Waals surface area contributed by atoms with Gasteiger partial charge < -0.3 is 15.0 Å². The number of aromatic nitrogens is 1. The normalized spacial score (nSPS) is 17.4. The van der Waals surface area contributed by atoms with Gasteiger partial charge in [-0.3, -0.25) is 4.79 Å². The fourth-order valence-electron chi connectivity index (χ4n) is 5.26. The molecule has 2 aromatic heterocycles. The number of nitrogens with one attached hydrogen (secondary N) is 1. The molecule has 1 aliphatic carbocycles. The number of pyridine rings is 1. The summed E-state index contributed by atoms with van der Waals surface area (Å²) in [6, 6.07) is 10.8. The third-order valence-corrected chi connectivity index (χ3v) is 9.05. The molecule has 5 rings (SSSR count). The molecule has 204 valence electrons. The van der Waals surface area contributed by atoms with E-state index in [2.05, 4.69) is 10.3 Å². The van der Waals surface area contributed by atoms with Crippen molar-refractivity contribution < 1.29 is 22.7 Å². The molecular formula is C29H27ClF3N3O2S. The Morgan fingerprint density at radius 2 is 1.87 bits per heavy atom. The second-order valence-corrected chi connectivity index (χ2v) is 11.0. The number of ether oxygens (including phenoxy) is 1. The highest BCUT2D eigenvalue weighted by Crippen LogP contribution is 2.40. The SMILES string of the molecule is CN[C@H]1CC[C@H](N(Cc2cc(-c3cccnc3F)ccc2OC)C(=O)c2sc3c(F)ccc(F)c3c2Cl)CC1. The number of fused-ring (bicyclic) bond motifs is 1. The Bertz CT molecular complexity index is 1520. The molecular weight excluding hydrogens is 547 g/mol. The quantitative estimate of drug-likeness (QED) is 0.237. The van der Waals surface area contributed by atoms with Crippen molar-refractivity contribution in [3.8, 4) is 16.9 Å². The predicted octanol–water partition coefficient (Wildman–Crippen LogP) is 7.22. The van der Waals surface area contributed by atoms with Crippen molar-refractivity contribution in [2.45, 2.75) is 44.3 Å². The Labute approximate surface area is 233 Å². The van der Waals surface area contributed by atoms with E-state index in [1.807, 2.05) is 7.05 Å². The number of hydrogen-bond donors (Lipinski definition) is 1. The molecule has 39 heavy (non-hydrogen) atoms. The van der Waals surface area contributed by atoms with Crippen molar-refractivity contribution >= 4 is 38.9 Å². The van der Waals surface area contributed by atoms with Crippen LogP contribution in [-0.4, -0.2) is 42.0 Å². The molecule has 4 aromatic rings. The van der Waals surface area contributed by atoms with Gasteiger partial charge in [-0.05, 0) is 74.7 Å². The molecule has 1 fully saturated rings. The van der Waals surface area contributed by atoms with Crippen molar-refractivity contribution in [2.24, 2.45) is 0 Å². The number of carbonyl (C=O) groups excluding carboxylic acids is 1. The lowest BCUT2D eigenvalue weighted by atomic mass is 9.89. The first kappa shape index (κ1) is 27.4.